The van der Waals surface area contributed by atoms with Crippen molar-refractivity contribution < 1.29 is 19.1 Å². The van der Waals surface area contributed by atoms with Crippen LogP contribution in [0.15, 0.2) is 60.9 Å². The zero-order valence-corrected chi connectivity index (χ0v) is 18.0. The van der Waals surface area contributed by atoms with E-state index in [2.05, 4.69) is 4.90 Å². The maximum atomic E-state index is 11.1. The molecule has 0 atom stereocenters. The van der Waals surface area contributed by atoms with Crippen molar-refractivity contribution in [2.75, 3.05) is 41.0 Å². The van der Waals surface area contributed by atoms with Crippen molar-refractivity contribution in [1.29, 1.82) is 0 Å². The molecule has 0 fully saturated rings. The predicted octanol–water partition coefficient (Wildman–Crippen LogP) is 3.96. The summed E-state index contributed by atoms with van der Waals surface area (Å²) in [5.74, 6) is 2.05. The predicted molar refractivity (Wildman–Crippen MR) is 119 cm³/mol. The van der Waals surface area contributed by atoms with Gasteiger partial charge in [-0.3, -0.25) is 10.1 Å². The van der Waals surface area contributed by atoms with E-state index in [4.69, 9.17) is 14.2 Å². The van der Waals surface area contributed by atoms with Gasteiger partial charge in [0.15, 0.2) is 11.5 Å². The van der Waals surface area contributed by atoms with Crippen molar-refractivity contribution in [2.45, 2.75) is 6.42 Å². The molecule has 0 N–H and O–H groups in total. The molecular formula is C23H27N3O5. The van der Waals surface area contributed by atoms with Crippen LogP contribution in [0, 0.1) is 10.1 Å². The number of nitrogens with zero attached hydrogens (tertiary/aromatic N) is 3. The summed E-state index contributed by atoms with van der Waals surface area (Å²) in [7, 11) is 5.29. The first-order chi connectivity index (χ1) is 15.0. The molecule has 164 valence electrons. The van der Waals surface area contributed by atoms with Crippen molar-refractivity contribution in [3.63, 3.8) is 0 Å². The Kier molecular flexibility index (Phi) is 7.50. The number of hydrogen-bond donors (Lipinski definition) is 0. The molecular weight excluding hydrogens is 398 g/mol. The smallest absolute Gasteiger partial charge is 0.271 e. The SMILES string of the molecule is COc1ccc(CCN(C)CCOc2ccc([N+](=O)[O-])cc2-n2cccc2)cc1OC. The van der Waals surface area contributed by atoms with E-state index < -0.39 is 4.92 Å². The van der Waals surface area contributed by atoms with Crippen LogP contribution in [-0.4, -0.2) is 55.4 Å². The maximum absolute atomic E-state index is 11.1. The summed E-state index contributed by atoms with van der Waals surface area (Å²) in [5.41, 5.74) is 1.84. The molecule has 0 unspecified atom stereocenters. The monoisotopic (exact) mass is 425 g/mol. The van der Waals surface area contributed by atoms with Crippen molar-refractivity contribution in [1.82, 2.24) is 9.47 Å². The van der Waals surface area contributed by atoms with E-state index in [-0.39, 0.29) is 5.69 Å². The molecule has 0 aliphatic carbocycles. The van der Waals surface area contributed by atoms with E-state index in [1.807, 2.05) is 54.3 Å². The first kappa shape index (κ1) is 22.2. The first-order valence-corrected chi connectivity index (χ1v) is 9.96. The van der Waals surface area contributed by atoms with Crippen LogP contribution < -0.4 is 14.2 Å². The van der Waals surface area contributed by atoms with Crippen LogP contribution in [0.25, 0.3) is 5.69 Å². The third-order valence-electron chi connectivity index (χ3n) is 5.00. The van der Waals surface area contributed by atoms with Gasteiger partial charge < -0.3 is 23.7 Å². The molecule has 3 rings (SSSR count). The van der Waals surface area contributed by atoms with Crippen LogP contribution in [0.5, 0.6) is 17.2 Å². The quantitative estimate of drug-likeness (QED) is 0.342. The molecule has 0 aliphatic heterocycles. The van der Waals surface area contributed by atoms with Crippen LogP contribution >= 0.6 is 0 Å². The Hall–Kier alpha value is -3.52. The van der Waals surface area contributed by atoms with E-state index in [0.29, 0.717) is 18.0 Å². The second-order valence-corrected chi connectivity index (χ2v) is 7.09. The van der Waals surface area contributed by atoms with Gasteiger partial charge in [0, 0.05) is 37.6 Å². The van der Waals surface area contributed by atoms with Crippen molar-refractivity contribution >= 4 is 5.69 Å². The number of aromatic nitrogens is 1. The second kappa shape index (κ2) is 10.5. The summed E-state index contributed by atoms with van der Waals surface area (Å²) < 4.78 is 18.4. The number of nitro groups is 1. The zero-order chi connectivity index (χ0) is 22.2. The highest BCUT2D eigenvalue weighted by atomic mass is 16.6. The molecule has 3 aromatic rings. The molecule has 1 heterocycles. The number of rotatable bonds is 11. The minimum Gasteiger partial charge on any atom is -0.493 e. The maximum Gasteiger partial charge on any atom is 0.271 e. The number of likely N-dealkylation sites (N-methyl/N-ethyl adjacent to an activating group) is 1. The minimum absolute atomic E-state index is 0.0306. The lowest BCUT2D eigenvalue weighted by molar-refractivity contribution is -0.384. The minimum atomic E-state index is -0.404. The molecule has 8 heteroatoms. The topological polar surface area (TPSA) is 79.0 Å². The summed E-state index contributed by atoms with van der Waals surface area (Å²) >= 11 is 0. The van der Waals surface area contributed by atoms with Gasteiger partial charge in [-0.25, -0.2) is 0 Å². The van der Waals surface area contributed by atoms with Gasteiger partial charge in [-0.05, 0) is 49.4 Å². The molecule has 1 aromatic heterocycles. The molecule has 0 amide bonds. The molecule has 0 saturated carbocycles. The van der Waals surface area contributed by atoms with Gasteiger partial charge in [0.05, 0.1) is 24.8 Å². The van der Waals surface area contributed by atoms with Gasteiger partial charge in [-0.1, -0.05) is 6.07 Å². The summed E-state index contributed by atoms with van der Waals surface area (Å²) in [6.45, 7) is 2.04. The number of benzene rings is 2. The van der Waals surface area contributed by atoms with E-state index in [9.17, 15) is 10.1 Å². The Morgan fingerprint density at radius 3 is 2.35 bits per heavy atom. The Labute approximate surface area is 181 Å². The van der Waals surface area contributed by atoms with Crippen LogP contribution in [0.4, 0.5) is 5.69 Å². The largest absolute Gasteiger partial charge is 0.493 e. The van der Waals surface area contributed by atoms with Crippen LogP contribution in [0.1, 0.15) is 5.56 Å². The third kappa shape index (κ3) is 5.76. The first-order valence-electron chi connectivity index (χ1n) is 9.96. The molecule has 0 saturated heterocycles. The highest BCUT2D eigenvalue weighted by molar-refractivity contribution is 5.54. The third-order valence-corrected chi connectivity index (χ3v) is 5.00. The van der Waals surface area contributed by atoms with Gasteiger partial charge in [-0.15, -0.1) is 0 Å². The van der Waals surface area contributed by atoms with E-state index in [0.717, 1.165) is 36.6 Å². The Bertz CT molecular complexity index is 1000. The molecule has 0 radical (unpaired) electrons. The number of nitro benzene ring substituents is 1. The van der Waals surface area contributed by atoms with Crippen molar-refractivity contribution in [2.24, 2.45) is 0 Å². The fourth-order valence-electron chi connectivity index (χ4n) is 3.22. The second-order valence-electron chi connectivity index (χ2n) is 7.09. The van der Waals surface area contributed by atoms with Gasteiger partial charge in [0.1, 0.15) is 12.4 Å². The lowest BCUT2D eigenvalue weighted by Gasteiger charge is -2.18. The lowest BCUT2D eigenvalue weighted by Crippen LogP contribution is -2.26. The standard InChI is InChI=1S/C23H27N3O5/c1-24(13-10-18-6-8-22(29-2)23(16-18)30-3)14-15-31-21-9-7-19(26(27)28)17-20(21)25-11-4-5-12-25/h4-9,11-12,16-17H,10,13-15H2,1-3H3. The summed E-state index contributed by atoms with van der Waals surface area (Å²) in [5, 5.41) is 11.1. The molecule has 2 aromatic carbocycles. The van der Waals surface area contributed by atoms with E-state index in [1.165, 1.54) is 12.1 Å². The van der Waals surface area contributed by atoms with E-state index in [1.54, 1.807) is 20.3 Å². The van der Waals surface area contributed by atoms with Crippen molar-refractivity contribution in [3.05, 3.63) is 76.6 Å². The van der Waals surface area contributed by atoms with Gasteiger partial charge in [0.25, 0.3) is 5.69 Å². The zero-order valence-electron chi connectivity index (χ0n) is 18.0. The fraction of sp³-hybridized carbons (Fsp3) is 0.304. The summed E-state index contributed by atoms with van der Waals surface area (Å²) in [6, 6.07) is 14.3. The van der Waals surface area contributed by atoms with Crippen LogP contribution in [0.3, 0.4) is 0 Å². The number of non-ortho nitro benzene ring substituents is 1. The Balaban J connectivity index is 1.56. The van der Waals surface area contributed by atoms with Crippen LogP contribution in [-0.2, 0) is 6.42 Å². The number of hydrogen-bond acceptors (Lipinski definition) is 6. The molecule has 8 nitrogen and oxygen atoms in total. The number of ether oxygens (including phenoxy) is 3. The summed E-state index contributed by atoms with van der Waals surface area (Å²) in [4.78, 5) is 12.9. The Morgan fingerprint density at radius 1 is 0.968 bits per heavy atom. The summed E-state index contributed by atoms with van der Waals surface area (Å²) in [6.07, 6.45) is 4.53. The van der Waals surface area contributed by atoms with Gasteiger partial charge >= 0.3 is 0 Å². The molecule has 31 heavy (non-hydrogen) atoms. The van der Waals surface area contributed by atoms with E-state index >= 15 is 0 Å². The molecule has 0 bridgehead atoms. The average molecular weight is 425 g/mol. The molecule has 0 aliphatic rings. The highest BCUT2D eigenvalue weighted by Gasteiger charge is 2.13. The van der Waals surface area contributed by atoms with Gasteiger partial charge in [-0.2, -0.15) is 0 Å². The van der Waals surface area contributed by atoms with Crippen molar-refractivity contribution in [3.8, 4) is 22.9 Å². The highest BCUT2D eigenvalue weighted by Crippen LogP contribution is 2.29. The molecule has 0 spiro atoms. The average Bonchev–Trinajstić information content (AvgIpc) is 3.32. The van der Waals surface area contributed by atoms with Crippen LogP contribution in [0.2, 0.25) is 0 Å². The fourth-order valence-corrected chi connectivity index (χ4v) is 3.22. The lowest BCUT2D eigenvalue weighted by atomic mass is 10.1. The van der Waals surface area contributed by atoms with Gasteiger partial charge in [0.2, 0.25) is 0 Å². The Morgan fingerprint density at radius 2 is 1.68 bits per heavy atom. The normalized spacial score (nSPS) is 10.8. The number of methoxy groups -OCH3 is 2.